The van der Waals surface area contributed by atoms with Gasteiger partial charge >= 0.3 is 0 Å². The van der Waals surface area contributed by atoms with Gasteiger partial charge in [0.15, 0.2) is 0 Å². The normalized spacial score (nSPS) is 12.2. The first kappa shape index (κ1) is 16.5. The summed E-state index contributed by atoms with van der Waals surface area (Å²) < 4.78 is 5.61. The van der Waals surface area contributed by atoms with Crippen molar-refractivity contribution in [2.75, 3.05) is 11.9 Å². The topological polar surface area (TPSA) is 64.3 Å². The largest absolute Gasteiger partial charge is 0.494 e. The van der Waals surface area contributed by atoms with E-state index >= 15 is 0 Å². The molecule has 0 aliphatic carbocycles. The first-order chi connectivity index (χ1) is 9.52. The number of rotatable bonds is 8. The number of benzene rings is 1. The highest BCUT2D eigenvalue weighted by molar-refractivity contribution is 5.94. The number of anilines is 1. The van der Waals surface area contributed by atoms with E-state index in [1.807, 2.05) is 24.3 Å². The van der Waals surface area contributed by atoms with Crippen molar-refractivity contribution in [3.05, 3.63) is 24.3 Å². The van der Waals surface area contributed by atoms with E-state index in [0.29, 0.717) is 18.9 Å². The van der Waals surface area contributed by atoms with Crippen LogP contribution in [-0.2, 0) is 4.79 Å². The molecule has 3 N–H and O–H groups in total. The number of hydrogen-bond donors (Lipinski definition) is 2. The molecule has 20 heavy (non-hydrogen) atoms. The van der Waals surface area contributed by atoms with Crippen LogP contribution < -0.4 is 15.8 Å². The molecule has 1 atom stereocenters. The summed E-state index contributed by atoms with van der Waals surface area (Å²) in [4.78, 5) is 11.9. The van der Waals surface area contributed by atoms with E-state index in [2.05, 4.69) is 26.1 Å². The van der Waals surface area contributed by atoms with Gasteiger partial charge in [0.05, 0.1) is 12.6 Å². The lowest BCUT2D eigenvalue weighted by atomic mass is 10.0. The Bertz CT molecular complexity index is 419. The van der Waals surface area contributed by atoms with Crippen LogP contribution in [0.3, 0.4) is 0 Å². The van der Waals surface area contributed by atoms with Crippen molar-refractivity contribution < 1.29 is 9.53 Å². The molecule has 0 unspecified atom stereocenters. The molecule has 1 aromatic rings. The Morgan fingerprint density at radius 2 is 2.15 bits per heavy atom. The summed E-state index contributed by atoms with van der Waals surface area (Å²) in [5, 5.41) is 2.83. The Balaban J connectivity index is 2.54. The van der Waals surface area contributed by atoms with E-state index in [0.717, 1.165) is 24.3 Å². The van der Waals surface area contributed by atoms with Crippen LogP contribution >= 0.6 is 0 Å². The average Bonchev–Trinajstić information content (AvgIpc) is 2.38. The van der Waals surface area contributed by atoms with Gasteiger partial charge in [-0.25, -0.2) is 0 Å². The zero-order chi connectivity index (χ0) is 15.0. The summed E-state index contributed by atoms with van der Waals surface area (Å²) >= 11 is 0. The fraction of sp³-hybridized carbons (Fsp3) is 0.562. The van der Waals surface area contributed by atoms with Crippen LogP contribution in [0.25, 0.3) is 0 Å². The number of carbonyl (C=O) groups is 1. The minimum Gasteiger partial charge on any atom is -0.494 e. The van der Waals surface area contributed by atoms with Crippen molar-refractivity contribution >= 4 is 11.6 Å². The SMILES string of the molecule is CCCCOc1cccc(NC(=O)[C@@H](N)CC(C)C)c1. The molecule has 0 radical (unpaired) electrons. The lowest BCUT2D eigenvalue weighted by Crippen LogP contribution is -2.36. The molecule has 1 aromatic carbocycles. The maximum absolute atomic E-state index is 11.9. The summed E-state index contributed by atoms with van der Waals surface area (Å²) in [5.74, 6) is 1.03. The molecule has 0 spiro atoms. The van der Waals surface area contributed by atoms with E-state index in [-0.39, 0.29) is 5.91 Å². The maximum Gasteiger partial charge on any atom is 0.241 e. The van der Waals surface area contributed by atoms with Gasteiger partial charge in [-0.2, -0.15) is 0 Å². The molecular weight excluding hydrogens is 252 g/mol. The van der Waals surface area contributed by atoms with Gasteiger partial charge in [-0.3, -0.25) is 4.79 Å². The van der Waals surface area contributed by atoms with Crippen molar-refractivity contribution in [3.63, 3.8) is 0 Å². The van der Waals surface area contributed by atoms with Crippen LogP contribution in [0.4, 0.5) is 5.69 Å². The number of unbranched alkanes of at least 4 members (excludes halogenated alkanes) is 1. The Labute approximate surface area is 121 Å². The van der Waals surface area contributed by atoms with Crippen LogP contribution in [-0.4, -0.2) is 18.6 Å². The third-order valence-electron chi connectivity index (χ3n) is 2.93. The molecule has 0 aliphatic heterocycles. The van der Waals surface area contributed by atoms with Crippen molar-refractivity contribution in [2.24, 2.45) is 11.7 Å². The molecule has 0 aliphatic rings. The average molecular weight is 278 g/mol. The van der Waals surface area contributed by atoms with Gasteiger partial charge in [-0.05, 0) is 30.9 Å². The van der Waals surface area contributed by atoms with Crippen molar-refractivity contribution in [2.45, 2.75) is 46.1 Å². The maximum atomic E-state index is 11.9. The number of nitrogens with two attached hydrogens (primary N) is 1. The monoisotopic (exact) mass is 278 g/mol. The molecule has 4 heteroatoms. The van der Waals surface area contributed by atoms with E-state index in [4.69, 9.17) is 10.5 Å². The van der Waals surface area contributed by atoms with Gasteiger partial charge < -0.3 is 15.8 Å². The minimum atomic E-state index is -0.473. The Hall–Kier alpha value is -1.55. The summed E-state index contributed by atoms with van der Waals surface area (Å²) in [6.07, 6.45) is 2.80. The molecule has 4 nitrogen and oxygen atoms in total. The number of amides is 1. The van der Waals surface area contributed by atoms with Crippen molar-refractivity contribution in [3.8, 4) is 5.75 Å². The fourth-order valence-electron chi connectivity index (χ4n) is 1.85. The van der Waals surface area contributed by atoms with Gasteiger partial charge in [-0.1, -0.05) is 33.3 Å². The van der Waals surface area contributed by atoms with E-state index < -0.39 is 6.04 Å². The zero-order valence-corrected chi connectivity index (χ0v) is 12.7. The van der Waals surface area contributed by atoms with Crippen LogP contribution in [0.1, 0.15) is 40.0 Å². The second kappa shape index (κ2) is 8.59. The number of hydrogen-bond acceptors (Lipinski definition) is 3. The summed E-state index contributed by atoms with van der Waals surface area (Å²) in [5.41, 5.74) is 6.58. The van der Waals surface area contributed by atoms with Gasteiger partial charge in [0.2, 0.25) is 5.91 Å². The Morgan fingerprint density at radius 1 is 1.40 bits per heavy atom. The van der Waals surface area contributed by atoms with E-state index in [1.54, 1.807) is 0 Å². The van der Waals surface area contributed by atoms with E-state index in [1.165, 1.54) is 0 Å². The van der Waals surface area contributed by atoms with Crippen LogP contribution in [0.2, 0.25) is 0 Å². The predicted octanol–water partition coefficient (Wildman–Crippen LogP) is 3.18. The highest BCUT2D eigenvalue weighted by Gasteiger charge is 2.15. The van der Waals surface area contributed by atoms with Crippen molar-refractivity contribution in [1.29, 1.82) is 0 Å². The second-order valence-corrected chi connectivity index (χ2v) is 5.46. The molecule has 0 heterocycles. The highest BCUT2D eigenvalue weighted by atomic mass is 16.5. The number of ether oxygens (including phenoxy) is 1. The van der Waals surface area contributed by atoms with Gasteiger partial charge in [0, 0.05) is 11.8 Å². The smallest absolute Gasteiger partial charge is 0.241 e. The second-order valence-electron chi connectivity index (χ2n) is 5.46. The molecule has 112 valence electrons. The van der Waals surface area contributed by atoms with Crippen LogP contribution in [0.5, 0.6) is 5.75 Å². The third-order valence-corrected chi connectivity index (χ3v) is 2.93. The molecular formula is C16H26N2O2. The van der Waals surface area contributed by atoms with Crippen LogP contribution in [0, 0.1) is 5.92 Å². The molecule has 0 saturated heterocycles. The molecule has 0 fully saturated rings. The first-order valence-corrected chi connectivity index (χ1v) is 7.32. The predicted molar refractivity (Wildman–Crippen MR) is 82.9 cm³/mol. The lowest BCUT2D eigenvalue weighted by Gasteiger charge is -2.14. The number of nitrogens with one attached hydrogen (secondary N) is 1. The minimum absolute atomic E-state index is 0.149. The van der Waals surface area contributed by atoms with Gasteiger partial charge in [-0.15, -0.1) is 0 Å². The van der Waals surface area contributed by atoms with E-state index in [9.17, 15) is 4.79 Å². The Morgan fingerprint density at radius 3 is 2.80 bits per heavy atom. The Kier molecular flexibility index (Phi) is 7.09. The zero-order valence-electron chi connectivity index (χ0n) is 12.7. The lowest BCUT2D eigenvalue weighted by molar-refractivity contribution is -0.117. The summed E-state index contributed by atoms with van der Waals surface area (Å²) in [6.45, 7) is 6.92. The molecule has 1 rings (SSSR count). The van der Waals surface area contributed by atoms with Gasteiger partial charge in [0.1, 0.15) is 5.75 Å². The quantitative estimate of drug-likeness (QED) is 0.718. The van der Waals surface area contributed by atoms with Crippen LogP contribution in [0.15, 0.2) is 24.3 Å². The van der Waals surface area contributed by atoms with Gasteiger partial charge in [0.25, 0.3) is 0 Å². The summed E-state index contributed by atoms with van der Waals surface area (Å²) in [7, 11) is 0. The van der Waals surface area contributed by atoms with Crippen molar-refractivity contribution in [1.82, 2.24) is 0 Å². The number of carbonyl (C=O) groups excluding carboxylic acids is 1. The molecule has 0 aromatic heterocycles. The molecule has 0 bridgehead atoms. The third kappa shape index (κ3) is 6.06. The standard InChI is InChI=1S/C16H26N2O2/c1-4-5-9-20-14-8-6-7-13(11-14)18-16(19)15(17)10-12(2)3/h6-8,11-12,15H,4-5,9-10,17H2,1-3H3,(H,18,19)/t15-/m0/s1. The highest BCUT2D eigenvalue weighted by Crippen LogP contribution is 2.18. The molecule has 1 amide bonds. The summed E-state index contributed by atoms with van der Waals surface area (Å²) in [6, 6.07) is 6.95. The first-order valence-electron chi connectivity index (χ1n) is 7.32. The molecule has 0 saturated carbocycles. The fourth-order valence-corrected chi connectivity index (χ4v) is 1.85.